The lowest BCUT2D eigenvalue weighted by atomic mass is 10.2. The van der Waals surface area contributed by atoms with E-state index in [1.807, 2.05) is 0 Å². The van der Waals surface area contributed by atoms with Gasteiger partial charge in [0, 0.05) is 0 Å². The van der Waals surface area contributed by atoms with Crippen LogP contribution in [0.2, 0.25) is 0 Å². The minimum atomic E-state index is -9.98. The summed E-state index contributed by atoms with van der Waals surface area (Å²) in [4.78, 5) is 0. The van der Waals surface area contributed by atoms with Gasteiger partial charge in [-0.25, -0.2) is 26.3 Å². The molecule has 0 aliphatic heterocycles. The van der Waals surface area contributed by atoms with Crippen LogP contribution in [0.1, 0.15) is 41.5 Å². The van der Waals surface area contributed by atoms with E-state index in [-0.39, 0.29) is 0 Å². The first kappa shape index (κ1) is 34.5. The van der Waals surface area contributed by atoms with Crippen LogP contribution in [-0.2, 0) is 14.5 Å². The zero-order valence-electron chi connectivity index (χ0n) is 18.6. The summed E-state index contributed by atoms with van der Waals surface area (Å²) in [6, 6.07) is 0. The molecule has 0 fully saturated rings. The number of hydrogen-bond donors (Lipinski definition) is 0. The monoisotopic (exact) mass is 609 g/mol. The lowest BCUT2D eigenvalue weighted by Crippen LogP contribution is -2.86. The van der Waals surface area contributed by atoms with Crippen LogP contribution in [0.3, 0.4) is 0 Å². The van der Waals surface area contributed by atoms with Gasteiger partial charge in [-0.15, -0.1) is 0 Å². The maximum absolute atomic E-state index is 14.7. The molecule has 0 saturated carbocycles. The Hall–Kier alpha value is -0.453. The number of halogens is 15. The zero-order valence-corrected chi connectivity index (χ0v) is 21.3. The molecular weight excluding hydrogens is 588 g/mol. The predicted molar refractivity (Wildman–Crippen MR) is 100 cm³/mol. The fourth-order valence-electron chi connectivity index (χ4n) is 3.95. The van der Waals surface area contributed by atoms with Crippen molar-refractivity contribution >= 4 is 24.9 Å². The molecule has 0 aliphatic carbocycles. The average molecular weight is 609 g/mol. The quantitative estimate of drug-likeness (QED) is 0.0991. The first-order valence-corrected chi connectivity index (χ1v) is 14.9. The Labute approximate surface area is 192 Å². The summed E-state index contributed by atoms with van der Waals surface area (Å²) in [5, 5.41) is -4.71. The fraction of sp³-hybridized carbons (Fsp3) is 1.00. The molecule has 0 aliphatic rings. The van der Waals surface area contributed by atoms with E-state index in [0.29, 0.717) is 41.5 Å². The molecule has 0 aromatic heterocycles. The Morgan fingerprint density at radius 1 is 0.571 bits per heavy atom. The van der Waals surface area contributed by atoms with Crippen molar-refractivity contribution in [3.8, 4) is 0 Å². The molecule has 0 spiro atoms. The van der Waals surface area contributed by atoms with Crippen LogP contribution in [-0.4, -0.2) is 63.5 Å². The van der Waals surface area contributed by atoms with Gasteiger partial charge < -0.3 is 8.42 Å². The first-order valence-electron chi connectivity index (χ1n) is 8.98. The topological polar surface area (TPSA) is 38.5 Å². The molecule has 212 valence electrons. The summed E-state index contributed by atoms with van der Waals surface area (Å²) >= 11 is 0. The highest BCUT2D eigenvalue weighted by atomic mass is 32.7. The molecule has 0 aromatic carbocycles. The maximum atomic E-state index is 14.7. The van der Waals surface area contributed by atoms with Crippen molar-refractivity contribution in [3.63, 3.8) is 0 Å². The van der Waals surface area contributed by atoms with Crippen LogP contribution in [0.15, 0.2) is 0 Å². The minimum absolute atomic E-state index is 0.669. The van der Waals surface area contributed by atoms with Crippen molar-refractivity contribution in [2.75, 3.05) is 5.79 Å². The third kappa shape index (κ3) is 4.78. The van der Waals surface area contributed by atoms with Crippen LogP contribution in [0.4, 0.5) is 65.9 Å². The van der Waals surface area contributed by atoms with E-state index in [0.717, 1.165) is 0 Å². The van der Waals surface area contributed by atoms with Gasteiger partial charge in [0.05, 0.1) is 22.6 Å². The molecule has 20 heteroatoms. The van der Waals surface area contributed by atoms with Crippen molar-refractivity contribution < 1.29 is 74.3 Å². The van der Waals surface area contributed by atoms with E-state index >= 15 is 0 Å². The normalized spacial score (nSPS) is 16.7. The molecule has 35 heavy (non-hydrogen) atoms. The van der Waals surface area contributed by atoms with Crippen LogP contribution in [0, 0.1) is 0 Å². The smallest absolute Gasteiger partial charge is 0.339 e. The first-order chi connectivity index (χ1) is 14.7. The molecule has 0 saturated heterocycles. The van der Waals surface area contributed by atoms with E-state index in [2.05, 4.69) is 0 Å². The largest absolute Gasteiger partial charge is 0.449 e. The summed E-state index contributed by atoms with van der Waals surface area (Å²) in [7, 11) is -14.0. The molecule has 1 N–H and O–H groups in total. The highest BCUT2D eigenvalue weighted by Gasteiger charge is 3.00. The van der Waals surface area contributed by atoms with Gasteiger partial charge in [0.25, 0.3) is 10.3 Å². The molecule has 0 atom stereocenters. The molecule has 0 aromatic rings. The van der Waals surface area contributed by atoms with Crippen LogP contribution in [0.5, 0.6) is 0 Å². The van der Waals surface area contributed by atoms with E-state index in [4.69, 9.17) is 0 Å². The van der Waals surface area contributed by atoms with Crippen LogP contribution >= 0.6 is 6.46 Å². The second-order valence-electron chi connectivity index (χ2n) is 9.59. The number of hydrogen-bond acceptors (Lipinski definition) is 2. The lowest BCUT2D eigenvalue weighted by molar-refractivity contribution is -0.304. The van der Waals surface area contributed by atoms with Gasteiger partial charge in [0.2, 0.25) is 0 Å². The predicted octanol–water partition coefficient (Wildman–Crippen LogP) is 7.97. The highest BCUT2D eigenvalue weighted by Crippen LogP contribution is 2.81. The Balaban J connectivity index is 8.70. The Kier molecular flexibility index (Phi) is 8.69. The van der Waals surface area contributed by atoms with Crippen LogP contribution in [0.25, 0.3) is 0 Å². The van der Waals surface area contributed by atoms with E-state index < -0.39 is 76.1 Å². The highest BCUT2D eigenvalue weighted by molar-refractivity contribution is 8.49. The molecule has 0 amide bonds. The van der Waals surface area contributed by atoms with Crippen molar-refractivity contribution in [1.82, 2.24) is 0 Å². The SMILES string of the molecule is CC(C)(C)[P+](C[Si](C(F)(F)C(F)(F)F)(C(F)(F)C(F)(F)F)C(F)(F)C(F)(F)F)([S-](=O)=[OH+])C(C)(C)C. The minimum Gasteiger partial charge on any atom is -0.339 e. The second-order valence-corrected chi connectivity index (χ2v) is 22.0. The van der Waals surface area contributed by atoms with Gasteiger partial charge in [0.15, 0.2) is 0 Å². The van der Waals surface area contributed by atoms with E-state index in [9.17, 15) is 74.3 Å². The summed E-state index contributed by atoms with van der Waals surface area (Å²) in [6.07, 6.45) is -23.3. The van der Waals surface area contributed by atoms with Gasteiger partial charge in [0.1, 0.15) is 0 Å². The Morgan fingerprint density at radius 2 is 0.771 bits per heavy atom. The fourth-order valence-corrected chi connectivity index (χ4v) is 24.4. The lowest BCUT2D eigenvalue weighted by Gasteiger charge is -2.53. The van der Waals surface area contributed by atoms with Crippen molar-refractivity contribution in [3.05, 3.63) is 0 Å². The third-order valence-corrected chi connectivity index (χ3v) is 24.2. The summed E-state index contributed by atoms with van der Waals surface area (Å²) in [6.45, 7) is -1.39. The summed E-state index contributed by atoms with van der Waals surface area (Å²) in [5.41, 5.74) is -23.9. The van der Waals surface area contributed by atoms with Gasteiger partial charge in [-0.3, -0.25) is 0 Å². The Bertz CT molecular complexity index is 773. The van der Waals surface area contributed by atoms with Gasteiger partial charge >= 0.3 is 43.2 Å². The summed E-state index contributed by atoms with van der Waals surface area (Å²) < 4.78 is 230. The molecular formula is C15H21F15O2PSSi+. The molecule has 0 heterocycles. The molecule has 2 nitrogen and oxygen atoms in total. The van der Waals surface area contributed by atoms with E-state index in [1.165, 1.54) is 0 Å². The van der Waals surface area contributed by atoms with E-state index in [1.54, 1.807) is 0 Å². The van der Waals surface area contributed by atoms with Gasteiger partial charge in [-0.1, -0.05) is 0 Å². The number of rotatable bonds is 6. The summed E-state index contributed by atoms with van der Waals surface area (Å²) in [5.74, 6) is -3.50. The molecule has 0 bridgehead atoms. The molecule has 0 rings (SSSR count). The molecule has 0 radical (unpaired) electrons. The van der Waals surface area contributed by atoms with Gasteiger partial charge in [-0.2, -0.15) is 39.5 Å². The average Bonchev–Trinajstić information content (AvgIpc) is 2.48. The number of alkyl halides is 15. The van der Waals surface area contributed by atoms with Crippen LogP contribution < -0.4 is 0 Å². The zero-order chi connectivity index (χ0) is 29.3. The van der Waals surface area contributed by atoms with Gasteiger partial charge in [-0.05, 0) is 41.5 Å². The van der Waals surface area contributed by atoms with Crippen molar-refractivity contribution in [2.24, 2.45) is 0 Å². The third-order valence-electron chi connectivity index (χ3n) is 5.57. The maximum Gasteiger partial charge on any atom is 0.449 e. The standard InChI is InChI=1S/C15H21F15O2PSSi/c1-8(2,3)33(34(31)32,9(4,5)6)7-35(13(25,26)10(16,17)18,14(27,28)11(19,20)21)15(29,30)12(22,23)24/h31H,7H2,1-6H3/q+1. The second kappa shape index (κ2) is 8.80. The Morgan fingerprint density at radius 3 is 0.886 bits per heavy atom. The van der Waals surface area contributed by atoms with Crippen molar-refractivity contribution in [1.29, 1.82) is 0 Å². The molecule has 0 unspecified atom stereocenters. The van der Waals surface area contributed by atoms with Crippen molar-refractivity contribution in [2.45, 2.75) is 87.0 Å².